The number of benzene rings is 2. The van der Waals surface area contributed by atoms with Gasteiger partial charge in [0.2, 0.25) is 10.0 Å². The largest absolute Gasteiger partial charge is 0.465 e. The van der Waals surface area contributed by atoms with Gasteiger partial charge in [0.15, 0.2) is 0 Å². The number of esters is 1. The summed E-state index contributed by atoms with van der Waals surface area (Å²) >= 11 is 1.44. The molecule has 2 heterocycles. The summed E-state index contributed by atoms with van der Waals surface area (Å²) < 4.78 is 33.2. The number of ether oxygens (including phenoxy) is 1. The van der Waals surface area contributed by atoms with E-state index in [0.717, 1.165) is 22.2 Å². The number of fused-ring (bicyclic) bond motifs is 1. The Hall–Kier alpha value is -3.27. The molecule has 2 aromatic carbocycles. The average Bonchev–Trinajstić information content (AvgIpc) is 3.36. The quantitative estimate of drug-likeness (QED) is 0.366. The Balaban J connectivity index is 1.74. The first-order valence-electron chi connectivity index (χ1n) is 10.7. The van der Waals surface area contributed by atoms with Gasteiger partial charge < -0.3 is 9.72 Å². The van der Waals surface area contributed by atoms with Crippen LogP contribution in [0.4, 0.5) is 0 Å². The Morgan fingerprint density at radius 1 is 1.06 bits per heavy atom. The van der Waals surface area contributed by atoms with Gasteiger partial charge in [0.25, 0.3) is 5.56 Å². The third kappa shape index (κ3) is 4.96. The lowest BCUT2D eigenvalue weighted by atomic mass is 10.1. The number of H-pyrrole nitrogens is 1. The fourth-order valence-electron chi connectivity index (χ4n) is 3.66. The zero-order chi connectivity index (χ0) is 24.3. The maximum absolute atomic E-state index is 13.6. The van der Waals surface area contributed by atoms with Crippen molar-refractivity contribution in [3.05, 3.63) is 98.0 Å². The van der Waals surface area contributed by atoms with Crippen molar-refractivity contribution < 1.29 is 17.9 Å². The number of hydrogen-bond acceptors (Lipinski definition) is 6. The van der Waals surface area contributed by atoms with Crippen molar-refractivity contribution in [3.63, 3.8) is 0 Å². The molecule has 4 rings (SSSR count). The van der Waals surface area contributed by atoms with E-state index in [1.807, 2.05) is 35.7 Å². The summed E-state index contributed by atoms with van der Waals surface area (Å²) in [5, 5.41) is 2.73. The van der Waals surface area contributed by atoms with Crippen molar-refractivity contribution in [3.8, 4) is 0 Å². The topological polar surface area (TPSA) is 96.5 Å². The zero-order valence-electron chi connectivity index (χ0n) is 18.8. The minimum Gasteiger partial charge on any atom is -0.465 e. The molecule has 4 aromatic rings. The summed E-state index contributed by atoms with van der Waals surface area (Å²) in [6, 6.07) is 16.9. The standard InChI is InChI=1S/C25H24N2O5S2/c1-3-17-6-11-23-19(13-17)14-20(24(28)26-23)15-27(16-21-5-4-12-33-21)34(30,31)22-9-7-18(8-10-22)25(29)32-2/h4-14H,3,15-16H2,1-2H3,(H,26,28). The molecule has 0 saturated carbocycles. The maximum Gasteiger partial charge on any atom is 0.337 e. The van der Waals surface area contributed by atoms with Crippen LogP contribution in [0.15, 0.2) is 75.7 Å². The van der Waals surface area contributed by atoms with Crippen LogP contribution in [0.2, 0.25) is 0 Å². The first kappa shape index (κ1) is 23.9. The molecule has 0 fully saturated rings. The summed E-state index contributed by atoms with van der Waals surface area (Å²) in [4.78, 5) is 28.3. The Morgan fingerprint density at radius 2 is 1.82 bits per heavy atom. The molecular formula is C25H24N2O5S2. The summed E-state index contributed by atoms with van der Waals surface area (Å²) in [5.41, 5.74) is 2.11. The first-order chi connectivity index (χ1) is 16.3. The van der Waals surface area contributed by atoms with Gasteiger partial charge in [-0.15, -0.1) is 11.3 Å². The number of nitrogens with zero attached hydrogens (tertiary/aromatic N) is 1. The van der Waals surface area contributed by atoms with Crippen LogP contribution in [0, 0.1) is 0 Å². The SMILES string of the molecule is CCc1ccc2[nH]c(=O)c(CN(Cc3cccs3)S(=O)(=O)c3ccc(C(=O)OC)cc3)cc2c1. The van der Waals surface area contributed by atoms with Crippen LogP contribution in [0.25, 0.3) is 10.9 Å². The summed E-state index contributed by atoms with van der Waals surface area (Å²) in [6.45, 7) is 2.07. The van der Waals surface area contributed by atoms with E-state index >= 15 is 0 Å². The van der Waals surface area contributed by atoms with Crippen molar-refractivity contribution in [2.45, 2.75) is 31.3 Å². The molecule has 0 aliphatic rings. The number of sulfonamides is 1. The minimum absolute atomic E-state index is 0.0298. The highest BCUT2D eigenvalue weighted by Gasteiger charge is 2.26. The third-order valence-electron chi connectivity index (χ3n) is 5.57. The number of nitrogens with one attached hydrogen (secondary N) is 1. The van der Waals surface area contributed by atoms with Crippen LogP contribution in [0.3, 0.4) is 0 Å². The molecular weight excluding hydrogens is 472 g/mol. The number of pyridine rings is 1. The van der Waals surface area contributed by atoms with E-state index in [1.165, 1.54) is 47.0 Å². The van der Waals surface area contributed by atoms with Crippen LogP contribution >= 0.6 is 11.3 Å². The first-order valence-corrected chi connectivity index (χ1v) is 13.0. The van der Waals surface area contributed by atoms with Crippen molar-refractivity contribution in [2.75, 3.05) is 7.11 Å². The highest BCUT2D eigenvalue weighted by molar-refractivity contribution is 7.89. The van der Waals surface area contributed by atoms with Crippen LogP contribution in [-0.2, 0) is 34.3 Å². The van der Waals surface area contributed by atoms with Crippen LogP contribution in [-0.4, -0.2) is 30.8 Å². The van der Waals surface area contributed by atoms with Gasteiger partial charge in [-0.25, -0.2) is 13.2 Å². The van der Waals surface area contributed by atoms with E-state index in [1.54, 1.807) is 6.07 Å². The van der Waals surface area contributed by atoms with E-state index in [9.17, 15) is 18.0 Å². The second-order valence-corrected chi connectivity index (χ2v) is 10.7. The summed E-state index contributed by atoms with van der Waals surface area (Å²) in [6.07, 6.45) is 0.852. The lowest BCUT2D eigenvalue weighted by molar-refractivity contribution is 0.0600. The van der Waals surface area contributed by atoms with Crippen LogP contribution in [0.5, 0.6) is 0 Å². The van der Waals surface area contributed by atoms with Gasteiger partial charge in [0.1, 0.15) is 0 Å². The monoisotopic (exact) mass is 496 g/mol. The van der Waals surface area contributed by atoms with Gasteiger partial charge >= 0.3 is 5.97 Å². The molecule has 0 bridgehead atoms. The van der Waals surface area contributed by atoms with Crippen LogP contribution < -0.4 is 5.56 Å². The fraction of sp³-hybridized carbons (Fsp3) is 0.200. The minimum atomic E-state index is -3.97. The van der Waals surface area contributed by atoms with Gasteiger partial charge in [-0.2, -0.15) is 4.31 Å². The van der Waals surface area contributed by atoms with E-state index in [0.29, 0.717) is 11.1 Å². The van der Waals surface area contributed by atoms with Gasteiger partial charge in [0.05, 0.1) is 17.6 Å². The molecule has 0 unspecified atom stereocenters. The number of aryl methyl sites for hydroxylation is 1. The Labute approximate surface area is 201 Å². The number of carbonyl (C=O) groups excluding carboxylic acids is 1. The molecule has 0 atom stereocenters. The van der Waals surface area contributed by atoms with Crippen molar-refractivity contribution in [1.29, 1.82) is 0 Å². The lowest BCUT2D eigenvalue weighted by Crippen LogP contribution is -2.32. The van der Waals surface area contributed by atoms with Crippen molar-refractivity contribution in [1.82, 2.24) is 9.29 Å². The number of hydrogen-bond donors (Lipinski definition) is 1. The average molecular weight is 497 g/mol. The van der Waals surface area contributed by atoms with E-state index in [2.05, 4.69) is 16.6 Å². The van der Waals surface area contributed by atoms with Gasteiger partial charge in [0, 0.05) is 29.0 Å². The highest BCUT2D eigenvalue weighted by Crippen LogP contribution is 2.24. The maximum atomic E-state index is 13.6. The number of aromatic amines is 1. The van der Waals surface area contributed by atoms with Gasteiger partial charge in [-0.05, 0) is 71.3 Å². The number of rotatable bonds is 8. The summed E-state index contributed by atoms with van der Waals surface area (Å²) in [7, 11) is -2.71. The second-order valence-electron chi connectivity index (χ2n) is 7.77. The second kappa shape index (κ2) is 9.92. The molecule has 0 saturated heterocycles. The van der Waals surface area contributed by atoms with Crippen molar-refractivity contribution in [2.24, 2.45) is 0 Å². The molecule has 34 heavy (non-hydrogen) atoms. The summed E-state index contributed by atoms with van der Waals surface area (Å²) in [5.74, 6) is -0.548. The Kier molecular flexibility index (Phi) is 6.97. The number of methoxy groups -OCH3 is 1. The molecule has 176 valence electrons. The zero-order valence-corrected chi connectivity index (χ0v) is 20.4. The van der Waals surface area contributed by atoms with Crippen molar-refractivity contribution >= 4 is 38.2 Å². The van der Waals surface area contributed by atoms with E-state index < -0.39 is 16.0 Å². The number of carbonyl (C=O) groups is 1. The predicted molar refractivity (Wildman–Crippen MR) is 132 cm³/mol. The van der Waals surface area contributed by atoms with Gasteiger partial charge in [-0.1, -0.05) is 19.1 Å². The van der Waals surface area contributed by atoms with E-state index in [4.69, 9.17) is 0 Å². The predicted octanol–water partition coefficient (Wildman–Crippen LogP) is 4.33. The molecule has 0 aliphatic heterocycles. The van der Waals surface area contributed by atoms with Gasteiger partial charge in [-0.3, -0.25) is 4.79 Å². The molecule has 2 aromatic heterocycles. The Morgan fingerprint density at radius 3 is 2.47 bits per heavy atom. The molecule has 1 N–H and O–H groups in total. The normalized spacial score (nSPS) is 11.7. The molecule has 0 amide bonds. The molecule has 0 spiro atoms. The Bertz CT molecular complexity index is 1470. The highest BCUT2D eigenvalue weighted by atomic mass is 32.2. The van der Waals surface area contributed by atoms with Crippen LogP contribution in [0.1, 0.15) is 33.3 Å². The molecule has 7 nitrogen and oxygen atoms in total. The third-order valence-corrected chi connectivity index (χ3v) is 8.23. The number of aromatic nitrogens is 1. The fourth-order valence-corrected chi connectivity index (χ4v) is 5.86. The van der Waals surface area contributed by atoms with E-state index in [-0.39, 0.29) is 29.1 Å². The number of thiophene rings is 1. The molecule has 0 radical (unpaired) electrons. The smallest absolute Gasteiger partial charge is 0.337 e. The molecule has 0 aliphatic carbocycles. The lowest BCUT2D eigenvalue weighted by Gasteiger charge is -2.22. The molecule has 9 heteroatoms.